The van der Waals surface area contributed by atoms with Crippen LogP contribution in [0.3, 0.4) is 0 Å². The van der Waals surface area contributed by atoms with Crippen molar-refractivity contribution in [2.45, 2.75) is 13.3 Å². The first kappa shape index (κ1) is 14.7. The highest BCUT2D eigenvalue weighted by Crippen LogP contribution is 2.36. The minimum atomic E-state index is 0.276. The Morgan fingerprint density at radius 3 is 2.62 bits per heavy atom. The Hall–Kier alpha value is -1.18. The van der Waals surface area contributed by atoms with E-state index in [0.29, 0.717) is 0 Å². The van der Waals surface area contributed by atoms with E-state index < -0.39 is 0 Å². The van der Waals surface area contributed by atoms with Gasteiger partial charge >= 0.3 is 0 Å². The van der Waals surface area contributed by atoms with Gasteiger partial charge < -0.3 is 11.1 Å². The molecule has 0 radical (unpaired) electrons. The molecule has 7 heteroatoms. The predicted molar refractivity (Wildman–Crippen MR) is 96.3 cm³/mol. The molecule has 0 aliphatic heterocycles. The molecule has 4 nitrogen and oxygen atoms in total. The molecule has 0 atom stereocenters. The van der Waals surface area contributed by atoms with E-state index >= 15 is 0 Å². The van der Waals surface area contributed by atoms with Gasteiger partial charge in [-0.1, -0.05) is 13.0 Å². The SMILES string of the molecule is CCc1cc2c(Nc3c(Br)cccc3Br)nc(N)nc2s1. The maximum absolute atomic E-state index is 5.83. The summed E-state index contributed by atoms with van der Waals surface area (Å²) in [5.41, 5.74) is 6.74. The number of halogens is 2. The monoisotopic (exact) mass is 426 g/mol. The molecule has 0 fully saturated rings. The summed E-state index contributed by atoms with van der Waals surface area (Å²) in [6, 6.07) is 8.02. The van der Waals surface area contributed by atoms with Gasteiger partial charge in [0.1, 0.15) is 10.6 Å². The Balaban J connectivity index is 2.13. The van der Waals surface area contributed by atoms with E-state index in [1.807, 2.05) is 18.2 Å². The van der Waals surface area contributed by atoms with Gasteiger partial charge in [-0.15, -0.1) is 11.3 Å². The average Bonchev–Trinajstić information content (AvgIpc) is 2.86. The van der Waals surface area contributed by atoms with Crippen LogP contribution in [0.1, 0.15) is 11.8 Å². The van der Waals surface area contributed by atoms with Crippen molar-refractivity contribution in [3.8, 4) is 0 Å². The Labute approximate surface area is 143 Å². The van der Waals surface area contributed by atoms with E-state index in [1.165, 1.54) is 4.88 Å². The molecular weight excluding hydrogens is 416 g/mol. The molecule has 0 saturated heterocycles. The first-order chi connectivity index (χ1) is 10.1. The molecule has 0 saturated carbocycles. The number of aryl methyl sites for hydroxylation is 1. The lowest BCUT2D eigenvalue weighted by atomic mass is 10.3. The number of nitrogen functional groups attached to an aromatic ring is 1. The summed E-state index contributed by atoms with van der Waals surface area (Å²) < 4.78 is 1.90. The average molecular weight is 428 g/mol. The Bertz CT molecular complexity index is 796. The summed E-state index contributed by atoms with van der Waals surface area (Å²) in [5, 5.41) is 4.34. The molecule has 3 aromatic rings. The predicted octanol–water partition coefficient (Wildman–Crippen LogP) is 5.10. The number of nitrogens with two attached hydrogens (primary N) is 1. The van der Waals surface area contributed by atoms with E-state index in [2.05, 4.69) is 60.1 Å². The van der Waals surface area contributed by atoms with E-state index in [-0.39, 0.29) is 5.95 Å². The zero-order valence-electron chi connectivity index (χ0n) is 11.2. The van der Waals surface area contributed by atoms with E-state index in [0.717, 1.165) is 37.1 Å². The van der Waals surface area contributed by atoms with Crippen LogP contribution in [0.15, 0.2) is 33.2 Å². The van der Waals surface area contributed by atoms with Crippen molar-refractivity contribution in [3.05, 3.63) is 38.1 Å². The fraction of sp³-hybridized carbons (Fsp3) is 0.143. The van der Waals surface area contributed by atoms with Crippen LogP contribution in [-0.4, -0.2) is 9.97 Å². The highest BCUT2D eigenvalue weighted by molar-refractivity contribution is 9.11. The second kappa shape index (κ2) is 5.90. The molecule has 0 bridgehead atoms. The zero-order chi connectivity index (χ0) is 15.0. The van der Waals surface area contributed by atoms with Crippen LogP contribution in [-0.2, 0) is 6.42 Å². The van der Waals surface area contributed by atoms with Crippen molar-refractivity contribution < 1.29 is 0 Å². The van der Waals surface area contributed by atoms with Gasteiger partial charge in [0, 0.05) is 13.8 Å². The molecule has 0 spiro atoms. The fourth-order valence-corrected chi connectivity index (χ4v) is 4.16. The molecule has 0 amide bonds. The second-order valence-electron chi connectivity index (χ2n) is 4.44. The van der Waals surface area contributed by atoms with Crippen molar-refractivity contribution in [1.29, 1.82) is 0 Å². The molecule has 3 rings (SSSR count). The minimum absolute atomic E-state index is 0.276. The van der Waals surface area contributed by atoms with Gasteiger partial charge in [0.15, 0.2) is 0 Å². The van der Waals surface area contributed by atoms with Gasteiger partial charge in [-0.25, -0.2) is 4.98 Å². The number of anilines is 3. The molecule has 21 heavy (non-hydrogen) atoms. The van der Waals surface area contributed by atoms with E-state index in [9.17, 15) is 0 Å². The molecule has 3 N–H and O–H groups in total. The number of thiophene rings is 1. The number of benzene rings is 1. The topological polar surface area (TPSA) is 63.8 Å². The summed E-state index contributed by atoms with van der Waals surface area (Å²) in [6.45, 7) is 2.12. The van der Waals surface area contributed by atoms with E-state index in [4.69, 9.17) is 5.73 Å². The van der Waals surface area contributed by atoms with Gasteiger partial charge in [0.2, 0.25) is 5.95 Å². The third kappa shape index (κ3) is 2.90. The Morgan fingerprint density at radius 1 is 1.24 bits per heavy atom. The second-order valence-corrected chi connectivity index (χ2v) is 7.26. The fourth-order valence-electron chi connectivity index (χ4n) is 1.99. The lowest BCUT2D eigenvalue weighted by Crippen LogP contribution is -2.01. The maximum atomic E-state index is 5.83. The molecule has 0 unspecified atom stereocenters. The quantitative estimate of drug-likeness (QED) is 0.609. The third-order valence-corrected chi connectivity index (χ3v) is 5.51. The summed E-state index contributed by atoms with van der Waals surface area (Å²) in [7, 11) is 0. The van der Waals surface area contributed by atoms with Gasteiger partial charge in [-0.2, -0.15) is 4.98 Å². The van der Waals surface area contributed by atoms with Gasteiger partial charge in [-0.3, -0.25) is 0 Å². The van der Waals surface area contributed by atoms with Crippen molar-refractivity contribution in [2.75, 3.05) is 11.1 Å². The first-order valence-electron chi connectivity index (χ1n) is 6.35. The van der Waals surface area contributed by atoms with Crippen molar-refractivity contribution in [2.24, 2.45) is 0 Å². The summed E-state index contributed by atoms with van der Waals surface area (Å²) in [5.74, 6) is 0.999. The van der Waals surface area contributed by atoms with Crippen LogP contribution in [0.25, 0.3) is 10.2 Å². The number of para-hydroxylation sites is 1. The van der Waals surface area contributed by atoms with Crippen LogP contribution in [0, 0.1) is 0 Å². The van der Waals surface area contributed by atoms with Crippen LogP contribution < -0.4 is 11.1 Å². The van der Waals surface area contributed by atoms with Crippen LogP contribution in [0.4, 0.5) is 17.5 Å². The van der Waals surface area contributed by atoms with Crippen LogP contribution in [0.2, 0.25) is 0 Å². The Kier molecular flexibility index (Phi) is 4.14. The highest BCUT2D eigenvalue weighted by Gasteiger charge is 2.13. The number of hydrogen-bond acceptors (Lipinski definition) is 5. The highest BCUT2D eigenvalue weighted by atomic mass is 79.9. The Morgan fingerprint density at radius 2 is 1.95 bits per heavy atom. The minimum Gasteiger partial charge on any atom is -0.368 e. The number of aromatic nitrogens is 2. The lowest BCUT2D eigenvalue weighted by molar-refractivity contribution is 1.19. The lowest BCUT2D eigenvalue weighted by Gasteiger charge is -2.11. The van der Waals surface area contributed by atoms with Crippen molar-refractivity contribution >= 4 is 70.9 Å². The van der Waals surface area contributed by atoms with Crippen LogP contribution in [0.5, 0.6) is 0 Å². The summed E-state index contributed by atoms with van der Waals surface area (Å²) in [6.07, 6.45) is 0.971. The molecular formula is C14H12Br2N4S. The molecule has 2 aromatic heterocycles. The van der Waals surface area contributed by atoms with Crippen molar-refractivity contribution in [3.63, 3.8) is 0 Å². The normalized spacial score (nSPS) is 11.0. The molecule has 0 aliphatic rings. The van der Waals surface area contributed by atoms with Gasteiger partial charge in [0.05, 0.1) is 11.1 Å². The summed E-state index contributed by atoms with van der Waals surface area (Å²) in [4.78, 5) is 10.8. The zero-order valence-corrected chi connectivity index (χ0v) is 15.1. The molecule has 1 aromatic carbocycles. The van der Waals surface area contributed by atoms with Gasteiger partial charge in [0.25, 0.3) is 0 Å². The number of hydrogen-bond donors (Lipinski definition) is 2. The molecule has 108 valence electrons. The smallest absolute Gasteiger partial charge is 0.223 e. The number of nitrogens with zero attached hydrogens (tertiary/aromatic N) is 2. The third-order valence-electron chi connectivity index (χ3n) is 3.02. The largest absolute Gasteiger partial charge is 0.368 e. The first-order valence-corrected chi connectivity index (χ1v) is 8.75. The number of nitrogens with one attached hydrogen (secondary N) is 1. The van der Waals surface area contributed by atoms with Crippen molar-refractivity contribution in [1.82, 2.24) is 9.97 Å². The summed E-state index contributed by atoms with van der Waals surface area (Å²) >= 11 is 8.73. The number of rotatable bonds is 3. The maximum Gasteiger partial charge on any atom is 0.223 e. The van der Waals surface area contributed by atoms with E-state index in [1.54, 1.807) is 11.3 Å². The van der Waals surface area contributed by atoms with Gasteiger partial charge in [-0.05, 0) is 56.5 Å². The molecule has 0 aliphatic carbocycles. The van der Waals surface area contributed by atoms with Crippen LogP contribution >= 0.6 is 43.2 Å². The standard InChI is InChI=1S/C14H12Br2N4S/c1-2-7-6-8-12(19-14(17)20-13(8)21-7)18-11-9(15)4-3-5-10(11)16/h3-6H,2H2,1H3,(H3,17,18,19,20). The number of fused-ring (bicyclic) bond motifs is 1. The molecule has 2 heterocycles.